The van der Waals surface area contributed by atoms with Crippen LogP contribution in [0.3, 0.4) is 0 Å². The first-order valence-corrected chi connectivity index (χ1v) is 10.7. The number of hydrogen-bond donors (Lipinski definition) is 1. The van der Waals surface area contributed by atoms with E-state index in [-0.39, 0.29) is 11.8 Å². The highest BCUT2D eigenvalue weighted by Crippen LogP contribution is 2.29. The number of amides is 2. The van der Waals surface area contributed by atoms with Crippen molar-refractivity contribution in [3.8, 4) is 0 Å². The summed E-state index contributed by atoms with van der Waals surface area (Å²) in [7, 11) is 3.46. The monoisotopic (exact) mass is 404 g/mol. The second-order valence-electron chi connectivity index (χ2n) is 6.53. The van der Waals surface area contributed by atoms with Gasteiger partial charge in [-0.3, -0.25) is 19.8 Å². The van der Waals surface area contributed by atoms with E-state index in [0.29, 0.717) is 16.4 Å². The minimum absolute atomic E-state index is 0.0169. The van der Waals surface area contributed by atoms with Crippen molar-refractivity contribution in [2.45, 2.75) is 24.8 Å². The van der Waals surface area contributed by atoms with Gasteiger partial charge in [0.05, 0.1) is 17.0 Å². The van der Waals surface area contributed by atoms with Crippen molar-refractivity contribution >= 4 is 40.0 Å². The second-order valence-corrected chi connectivity index (χ2v) is 8.64. The SMILES string of the molecule is CCN1CCc2nc(NC(=O)c3ccccc3SCC(=O)N(C)C)sc2C1. The zero-order valence-electron chi connectivity index (χ0n) is 15.8. The molecule has 144 valence electrons. The number of likely N-dealkylation sites (N-methyl/N-ethyl adjacent to an activating group) is 1. The first-order valence-electron chi connectivity index (χ1n) is 8.92. The first kappa shape index (κ1) is 19.9. The lowest BCUT2D eigenvalue weighted by Crippen LogP contribution is -2.29. The second kappa shape index (κ2) is 8.86. The molecule has 1 N–H and O–H groups in total. The molecular weight excluding hydrogens is 380 g/mol. The van der Waals surface area contributed by atoms with Crippen LogP contribution in [0.4, 0.5) is 5.13 Å². The molecule has 2 amide bonds. The van der Waals surface area contributed by atoms with Crippen LogP contribution in [0.5, 0.6) is 0 Å². The highest BCUT2D eigenvalue weighted by Gasteiger charge is 2.21. The quantitative estimate of drug-likeness (QED) is 0.750. The maximum Gasteiger partial charge on any atom is 0.258 e. The number of carbonyl (C=O) groups excluding carboxylic acids is 2. The zero-order valence-corrected chi connectivity index (χ0v) is 17.5. The van der Waals surface area contributed by atoms with E-state index in [4.69, 9.17) is 0 Å². The molecule has 0 aliphatic carbocycles. The number of nitrogens with one attached hydrogen (secondary N) is 1. The maximum absolute atomic E-state index is 12.8. The number of anilines is 1. The van der Waals surface area contributed by atoms with Gasteiger partial charge in [0.2, 0.25) is 5.91 Å². The average molecular weight is 405 g/mol. The van der Waals surface area contributed by atoms with Crippen LogP contribution in [0.15, 0.2) is 29.2 Å². The van der Waals surface area contributed by atoms with E-state index in [0.717, 1.165) is 36.6 Å². The number of benzene rings is 1. The fraction of sp³-hybridized carbons (Fsp3) is 0.421. The first-order chi connectivity index (χ1) is 13.0. The largest absolute Gasteiger partial charge is 0.348 e. The summed E-state index contributed by atoms with van der Waals surface area (Å²) in [5.41, 5.74) is 1.66. The molecule has 0 spiro atoms. The number of nitrogens with zero attached hydrogens (tertiary/aromatic N) is 3. The van der Waals surface area contributed by atoms with Crippen LogP contribution in [0.1, 0.15) is 27.9 Å². The van der Waals surface area contributed by atoms with E-state index in [1.165, 1.54) is 16.6 Å². The Bertz CT molecular complexity index is 835. The Labute approximate surface area is 168 Å². The van der Waals surface area contributed by atoms with Crippen LogP contribution >= 0.6 is 23.1 Å². The Morgan fingerprint density at radius 1 is 1.33 bits per heavy atom. The lowest BCUT2D eigenvalue weighted by atomic mass is 10.2. The van der Waals surface area contributed by atoms with Gasteiger partial charge in [0.15, 0.2) is 5.13 Å². The van der Waals surface area contributed by atoms with Crippen molar-refractivity contribution in [3.63, 3.8) is 0 Å². The van der Waals surface area contributed by atoms with Gasteiger partial charge >= 0.3 is 0 Å². The van der Waals surface area contributed by atoms with Gasteiger partial charge < -0.3 is 4.90 Å². The van der Waals surface area contributed by atoms with Gasteiger partial charge in [-0.05, 0) is 18.7 Å². The highest BCUT2D eigenvalue weighted by molar-refractivity contribution is 8.00. The molecule has 8 heteroatoms. The van der Waals surface area contributed by atoms with Crippen LogP contribution in [-0.4, -0.2) is 59.5 Å². The molecule has 2 aromatic rings. The summed E-state index contributed by atoms with van der Waals surface area (Å²) in [6.07, 6.45) is 0.925. The smallest absolute Gasteiger partial charge is 0.258 e. The normalized spacial score (nSPS) is 13.9. The van der Waals surface area contributed by atoms with Crippen LogP contribution in [0.2, 0.25) is 0 Å². The molecule has 0 saturated heterocycles. The number of carbonyl (C=O) groups is 2. The Balaban J connectivity index is 1.70. The Morgan fingerprint density at radius 3 is 2.85 bits per heavy atom. The van der Waals surface area contributed by atoms with Crippen molar-refractivity contribution in [3.05, 3.63) is 40.4 Å². The molecule has 0 unspecified atom stereocenters. The molecule has 0 fully saturated rings. The number of thioether (sulfide) groups is 1. The van der Waals surface area contributed by atoms with Gasteiger partial charge in [-0.2, -0.15) is 0 Å². The topological polar surface area (TPSA) is 65.5 Å². The number of hydrogen-bond acceptors (Lipinski definition) is 6. The van der Waals surface area contributed by atoms with Gasteiger partial charge in [-0.1, -0.05) is 19.1 Å². The minimum atomic E-state index is -0.186. The number of thiazole rings is 1. The van der Waals surface area contributed by atoms with E-state index < -0.39 is 0 Å². The fourth-order valence-corrected chi connectivity index (χ4v) is 4.86. The molecule has 0 bridgehead atoms. The van der Waals surface area contributed by atoms with Gasteiger partial charge in [-0.25, -0.2) is 4.98 Å². The van der Waals surface area contributed by atoms with Gasteiger partial charge in [0.25, 0.3) is 5.91 Å². The third-order valence-corrected chi connectivity index (χ3v) is 6.52. The Morgan fingerprint density at radius 2 is 2.11 bits per heavy atom. The number of fused-ring (bicyclic) bond motifs is 1. The molecule has 6 nitrogen and oxygen atoms in total. The molecule has 3 rings (SSSR count). The van der Waals surface area contributed by atoms with E-state index in [2.05, 4.69) is 22.1 Å². The minimum Gasteiger partial charge on any atom is -0.348 e. The number of rotatable bonds is 6. The van der Waals surface area contributed by atoms with Crippen molar-refractivity contribution in [2.24, 2.45) is 0 Å². The van der Waals surface area contributed by atoms with Crippen molar-refractivity contribution in [2.75, 3.05) is 38.3 Å². The number of aromatic nitrogens is 1. The molecule has 0 radical (unpaired) electrons. The fourth-order valence-electron chi connectivity index (χ4n) is 2.78. The van der Waals surface area contributed by atoms with Gasteiger partial charge in [0, 0.05) is 43.4 Å². The summed E-state index contributed by atoms with van der Waals surface area (Å²) >= 11 is 2.93. The summed E-state index contributed by atoms with van der Waals surface area (Å²) in [6.45, 7) is 5.10. The van der Waals surface area contributed by atoms with Crippen molar-refractivity contribution in [1.29, 1.82) is 0 Å². The van der Waals surface area contributed by atoms with Crippen LogP contribution < -0.4 is 5.32 Å². The average Bonchev–Trinajstić information content (AvgIpc) is 3.07. The summed E-state index contributed by atoms with van der Waals surface area (Å²) in [4.78, 5) is 35.2. The Kier molecular flexibility index (Phi) is 6.51. The van der Waals surface area contributed by atoms with Crippen molar-refractivity contribution < 1.29 is 9.59 Å². The van der Waals surface area contributed by atoms with E-state index in [9.17, 15) is 9.59 Å². The Hall–Kier alpha value is -1.90. The standard InChI is InChI=1S/C19H24N4O2S2/c1-4-23-10-9-14-16(11-23)27-19(20-14)21-18(25)13-7-5-6-8-15(13)26-12-17(24)22(2)3/h5-8H,4,9-12H2,1-3H3,(H,20,21,25). The molecule has 1 aliphatic rings. The predicted molar refractivity (Wildman–Crippen MR) is 111 cm³/mol. The molecule has 1 aliphatic heterocycles. The summed E-state index contributed by atoms with van der Waals surface area (Å²) in [6, 6.07) is 7.36. The van der Waals surface area contributed by atoms with Gasteiger partial charge in [-0.15, -0.1) is 23.1 Å². The predicted octanol–water partition coefficient (Wildman–Crippen LogP) is 2.95. The van der Waals surface area contributed by atoms with E-state index in [1.54, 1.807) is 36.4 Å². The molecular formula is C19H24N4O2S2. The van der Waals surface area contributed by atoms with Crippen LogP contribution in [0, 0.1) is 0 Å². The molecule has 0 atom stereocenters. The molecule has 2 heterocycles. The van der Waals surface area contributed by atoms with Crippen LogP contribution in [-0.2, 0) is 17.8 Å². The zero-order chi connectivity index (χ0) is 19.4. The molecule has 0 saturated carbocycles. The third-order valence-electron chi connectivity index (χ3n) is 4.46. The summed E-state index contributed by atoms with van der Waals surface area (Å²) < 4.78 is 0. The van der Waals surface area contributed by atoms with E-state index >= 15 is 0 Å². The highest BCUT2D eigenvalue weighted by atomic mass is 32.2. The van der Waals surface area contributed by atoms with E-state index in [1.807, 2.05) is 18.2 Å². The third kappa shape index (κ3) is 4.88. The van der Waals surface area contributed by atoms with Crippen molar-refractivity contribution in [1.82, 2.24) is 14.8 Å². The molecule has 27 heavy (non-hydrogen) atoms. The molecule has 1 aromatic carbocycles. The lowest BCUT2D eigenvalue weighted by molar-refractivity contribution is -0.125. The summed E-state index contributed by atoms with van der Waals surface area (Å²) in [5, 5.41) is 3.59. The van der Waals surface area contributed by atoms with Crippen LogP contribution in [0.25, 0.3) is 0 Å². The van der Waals surface area contributed by atoms with Gasteiger partial charge in [0.1, 0.15) is 0 Å². The molecule has 1 aromatic heterocycles. The lowest BCUT2D eigenvalue weighted by Gasteiger charge is -2.23. The maximum atomic E-state index is 12.8. The summed E-state index contributed by atoms with van der Waals surface area (Å²) in [5.74, 6) is 0.132.